The number of benzene rings is 1. The van der Waals surface area contributed by atoms with Crippen molar-refractivity contribution < 1.29 is 0 Å². The van der Waals surface area contributed by atoms with Crippen molar-refractivity contribution in [3.63, 3.8) is 0 Å². The molecule has 0 unspecified atom stereocenters. The molecule has 5 nitrogen and oxygen atoms in total. The van der Waals surface area contributed by atoms with Gasteiger partial charge in [-0.3, -0.25) is 14.3 Å². The van der Waals surface area contributed by atoms with Gasteiger partial charge in [0.05, 0.1) is 17.6 Å². The summed E-state index contributed by atoms with van der Waals surface area (Å²) in [5, 5.41) is 0. The van der Waals surface area contributed by atoms with Crippen LogP contribution in [0.5, 0.6) is 0 Å². The standard InChI is InChI=1S/C24H27N5.3ClH/c1-3-28(4-2)17-22-13-20(9-11-26-22)21-10-12-29-23(16-27-24(29)14-21)19-7-5-18(15-25)6-8-19;;;/h5-14,16H,3-4,15,17,25H2,1-2H3;3*1H. The lowest BCUT2D eigenvalue weighted by Gasteiger charge is -2.17. The van der Waals surface area contributed by atoms with Gasteiger partial charge in [0, 0.05) is 31.0 Å². The number of aromatic nitrogens is 3. The van der Waals surface area contributed by atoms with E-state index in [4.69, 9.17) is 5.73 Å². The fourth-order valence-corrected chi connectivity index (χ4v) is 3.61. The summed E-state index contributed by atoms with van der Waals surface area (Å²) >= 11 is 0. The van der Waals surface area contributed by atoms with Crippen molar-refractivity contribution in [1.82, 2.24) is 19.3 Å². The van der Waals surface area contributed by atoms with Gasteiger partial charge in [-0.15, -0.1) is 37.2 Å². The molecule has 0 fully saturated rings. The van der Waals surface area contributed by atoms with Crippen LogP contribution in [-0.2, 0) is 13.1 Å². The van der Waals surface area contributed by atoms with E-state index in [1.807, 2.05) is 12.4 Å². The topological polar surface area (TPSA) is 59.5 Å². The average molecular weight is 495 g/mol. The van der Waals surface area contributed by atoms with Crippen LogP contribution in [0.25, 0.3) is 28.0 Å². The van der Waals surface area contributed by atoms with Gasteiger partial charge >= 0.3 is 0 Å². The first kappa shape index (κ1) is 27.9. The Kier molecular flexibility index (Phi) is 11.1. The molecule has 0 bridgehead atoms. The monoisotopic (exact) mass is 493 g/mol. The lowest BCUT2D eigenvalue weighted by atomic mass is 10.1. The summed E-state index contributed by atoms with van der Waals surface area (Å²) in [6.45, 7) is 7.84. The minimum Gasteiger partial charge on any atom is -0.326 e. The molecule has 32 heavy (non-hydrogen) atoms. The maximum atomic E-state index is 5.71. The van der Waals surface area contributed by atoms with Gasteiger partial charge in [0.15, 0.2) is 0 Å². The Morgan fingerprint density at radius 1 is 0.844 bits per heavy atom. The Hall–Kier alpha value is -2.15. The molecule has 0 aliphatic heterocycles. The molecule has 172 valence electrons. The molecular formula is C24H30Cl3N5. The van der Waals surface area contributed by atoms with Crippen molar-refractivity contribution in [1.29, 1.82) is 0 Å². The zero-order valence-corrected chi connectivity index (χ0v) is 20.7. The number of pyridine rings is 2. The van der Waals surface area contributed by atoms with E-state index in [1.54, 1.807) is 0 Å². The second-order valence-electron chi connectivity index (χ2n) is 7.19. The van der Waals surface area contributed by atoms with Gasteiger partial charge in [0.25, 0.3) is 0 Å². The van der Waals surface area contributed by atoms with E-state index in [9.17, 15) is 0 Å². The number of hydrogen-bond acceptors (Lipinski definition) is 4. The Balaban J connectivity index is 0.00000171. The number of nitrogens with zero attached hydrogens (tertiary/aromatic N) is 4. The molecule has 3 heterocycles. The molecule has 8 heteroatoms. The highest BCUT2D eigenvalue weighted by molar-refractivity contribution is 5.86. The van der Waals surface area contributed by atoms with Crippen molar-refractivity contribution in [2.24, 2.45) is 5.73 Å². The van der Waals surface area contributed by atoms with E-state index in [0.717, 1.165) is 53.4 Å². The van der Waals surface area contributed by atoms with Crippen LogP contribution in [-0.4, -0.2) is 32.4 Å². The van der Waals surface area contributed by atoms with Gasteiger partial charge in [-0.1, -0.05) is 38.1 Å². The Morgan fingerprint density at radius 3 is 2.19 bits per heavy atom. The highest BCUT2D eigenvalue weighted by Crippen LogP contribution is 2.26. The van der Waals surface area contributed by atoms with Crippen LogP contribution in [0.15, 0.2) is 67.1 Å². The predicted molar refractivity (Wildman–Crippen MR) is 140 cm³/mol. The number of halogens is 3. The van der Waals surface area contributed by atoms with Gasteiger partial charge in [0.2, 0.25) is 0 Å². The summed E-state index contributed by atoms with van der Waals surface area (Å²) in [6.07, 6.45) is 5.91. The van der Waals surface area contributed by atoms with Crippen molar-refractivity contribution >= 4 is 42.9 Å². The fourth-order valence-electron chi connectivity index (χ4n) is 3.61. The van der Waals surface area contributed by atoms with Crippen molar-refractivity contribution in [2.45, 2.75) is 26.9 Å². The minimum absolute atomic E-state index is 0. The zero-order chi connectivity index (χ0) is 20.2. The second-order valence-corrected chi connectivity index (χ2v) is 7.19. The van der Waals surface area contributed by atoms with Gasteiger partial charge in [0.1, 0.15) is 5.65 Å². The molecule has 1 aromatic carbocycles. The van der Waals surface area contributed by atoms with Gasteiger partial charge in [-0.05, 0) is 54.0 Å². The molecule has 3 aromatic heterocycles. The van der Waals surface area contributed by atoms with Crippen LogP contribution in [0.3, 0.4) is 0 Å². The summed E-state index contributed by atoms with van der Waals surface area (Å²) in [7, 11) is 0. The number of fused-ring (bicyclic) bond motifs is 1. The quantitative estimate of drug-likeness (QED) is 0.362. The number of nitrogens with two attached hydrogens (primary N) is 1. The van der Waals surface area contributed by atoms with Crippen molar-refractivity contribution in [3.8, 4) is 22.4 Å². The third-order valence-electron chi connectivity index (χ3n) is 5.43. The van der Waals surface area contributed by atoms with Crippen LogP contribution in [0.4, 0.5) is 0 Å². The van der Waals surface area contributed by atoms with Crippen LogP contribution < -0.4 is 5.73 Å². The summed E-state index contributed by atoms with van der Waals surface area (Å²) in [4.78, 5) is 11.6. The number of imidazole rings is 1. The third-order valence-corrected chi connectivity index (χ3v) is 5.43. The Bertz CT molecular complexity index is 1110. The molecule has 0 saturated carbocycles. The number of rotatable bonds is 7. The molecule has 0 radical (unpaired) electrons. The van der Waals surface area contributed by atoms with E-state index in [0.29, 0.717) is 6.54 Å². The second kappa shape index (κ2) is 12.8. The van der Waals surface area contributed by atoms with E-state index >= 15 is 0 Å². The van der Waals surface area contributed by atoms with Gasteiger partial charge < -0.3 is 5.73 Å². The van der Waals surface area contributed by atoms with Crippen LogP contribution in [0.2, 0.25) is 0 Å². The van der Waals surface area contributed by atoms with E-state index in [2.05, 4.69) is 87.8 Å². The Labute approximate surface area is 208 Å². The molecule has 0 saturated heterocycles. The third kappa shape index (κ3) is 6.00. The summed E-state index contributed by atoms with van der Waals surface area (Å²) in [6, 6.07) is 16.8. The summed E-state index contributed by atoms with van der Waals surface area (Å²) < 4.78 is 2.12. The SMILES string of the molecule is CCN(CC)Cc1cc(-c2ccn3c(-c4ccc(CN)cc4)cnc3c2)ccn1.Cl.Cl.Cl. The molecule has 0 aliphatic carbocycles. The fraction of sp³-hybridized carbons (Fsp3) is 0.250. The lowest BCUT2D eigenvalue weighted by molar-refractivity contribution is 0.292. The molecule has 0 atom stereocenters. The lowest BCUT2D eigenvalue weighted by Crippen LogP contribution is -2.22. The average Bonchev–Trinajstić information content (AvgIpc) is 3.21. The Morgan fingerprint density at radius 2 is 1.53 bits per heavy atom. The molecule has 0 aliphatic rings. The van der Waals surface area contributed by atoms with Crippen LogP contribution in [0.1, 0.15) is 25.1 Å². The van der Waals surface area contributed by atoms with Crippen molar-refractivity contribution in [3.05, 3.63) is 78.4 Å². The first-order chi connectivity index (χ1) is 14.2. The maximum absolute atomic E-state index is 5.71. The van der Waals surface area contributed by atoms with Gasteiger partial charge in [-0.25, -0.2) is 4.98 Å². The minimum atomic E-state index is 0. The molecule has 0 amide bonds. The number of hydrogen-bond donors (Lipinski definition) is 1. The molecular weight excluding hydrogens is 465 g/mol. The van der Waals surface area contributed by atoms with E-state index in [-0.39, 0.29) is 37.2 Å². The van der Waals surface area contributed by atoms with E-state index < -0.39 is 0 Å². The molecule has 2 N–H and O–H groups in total. The molecule has 4 aromatic rings. The van der Waals surface area contributed by atoms with Gasteiger partial charge in [-0.2, -0.15) is 0 Å². The smallest absolute Gasteiger partial charge is 0.137 e. The molecule has 0 spiro atoms. The first-order valence-corrected chi connectivity index (χ1v) is 10.2. The molecule has 4 rings (SSSR count). The highest BCUT2D eigenvalue weighted by Gasteiger charge is 2.09. The maximum Gasteiger partial charge on any atom is 0.137 e. The first-order valence-electron chi connectivity index (χ1n) is 10.2. The normalized spacial score (nSPS) is 10.4. The van der Waals surface area contributed by atoms with E-state index in [1.165, 1.54) is 5.56 Å². The van der Waals surface area contributed by atoms with Crippen molar-refractivity contribution in [2.75, 3.05) is 13.1 Å². The zero-order valence-electron chi connectivity index (χ0n) is 18.3. The predicted octanol–water partition coefficient (Wildman–Crippen LogP) is 5.63. The van der Waals surface area contributed by atoms with Crippen LogP contribution >= 0.6 is 37.2 Å². The van der Waals surface area contributed by atoms with Crippen LogP contribution in [0, 0.1) is 0 Å². The largest absolute Gasteiger partial charge is 0.326 e. The summed E-state index contributed by atoms with van der Waals surface area (Å²) in [5.41, 5.74) is 13.4. The highest BCUT2D eigenvalue weighted by atomic mass is 35.5. The summed E-state index contributed by atoms with van der Waals surface area (Å²) in [5.74, 6) is 0.